The number of hydrogen-bond donors (Lipinski definition) is 1. The summed E-state index contributed by atoms with van der Waals surface area (Å²) >= 11 is 0. The van der Waals surface area contributed by atoms with Crippen LogP contribution in [0.15, 0.2) is 12.3 Å². The molecular weight excluding hydrogens is 264 g/mol. The minimum atomic E-state index is -0.495. The molecule has 0 radical (unpaired) electrons. The Labute approximate surface area is 116 Å². The van der Waals surface area contributed by atoms with E-state index >= 15 is 0 Å². The van der Waals surface area contributed by atoms with Crippen molar-refractivity contribution in [2.24, 2.45) is 5.73 Å². The first kappa shape index (κ1) is 14.5. The summed E-state index contributed by atoms with van der Waals surface area (Å²) in [5.41, 5.74) is 5.81. The maximum absolute atomic E-state index is 12.5. The number of morpholine rings is 1. The molecule has 2 rings (SSSR count). The van der Waals surface area contributed by atoms with Gasteiger partial charge >= 0.3 is 0 Å². The van der Waals surface area contributed by atoms with E-state index in [2.05, 4.69) is 0 Å². The summed E-state index contributed by atoms with van der Waals surface area (Å²) in [6.07, 6.45) is 1.21. The Balaban J connectivity index is 2.21. The van der Waals surface area contributed by atoms with Crippen LogP contribution in [-0.2, 0) is 11.3 Å². The molecule has 8 heteroatoms. The highest BCUT2D eigenvalue weighted by molar-refractivity contribution is 5.93. The number of ether oxygens (including phenoxy) is 1. The van der Waals surface area contributed by atoms with Crippen molar-refractivity contribution in [3.05, 3.63) is 28.1 Å². The Morgan fingerprint density at radius 3 is 3.00 bits per heavy atom. The summed E-state index contributed by atoms with van der Waals surface area (Å²) in [5.74, 6) is -0.221. The van der Waals surface area contributed by atoms with Gasteiger partial charge in [0.25, 0.3) is 11.6 Å². The number of aryl methyl sites for hydroxylation is 1. The zero-order valence-electron chi connectivity index (χ0n) is 11.3. The first-order valence-corrected chi connectivity index (χ1v) is 6.52. The molecular formula is C12H18N4O4. The van der Waals surface area contributed by atoms with Crippen LogP contribution < -0.4 is 5.73 Å². The number of amides is 1. The number of carbonyl (C=O) groups excluding carboxylic acids is 1. The molecule has 1 aliphatic heterocycles. The lowest BCUT2D eigenvalue weighted by Gasteiger charge is -2.32. The van der Waals surface area contributed by atoms with Crippen LogP contribution in [0.25, 0.3) is 0 Å². The van der Waals surface area contributed by atoms with E-state index in [1.807, 2.05) is 6.92 Å². The van der Waals surface area contributed by atoms with E-state index in [-0.39, 0.29) is 17.7 Å². The molecule has 0 saturated carbocycles. The smallest absolute Gasteiger partial charge is 0.287 e. The largest absolute Gasteiger partial charge is 0.373 e. The summed E-state index contributed by atoms with van der Waals surface area (Å²) in [6.45, 7) is 4.00. The number of nitrogens with two attached hydrogens (primary N) is 1. The highest BCUT2D eigenvalue weighted by Crippen LogP contribution is 2.19. The van der Waals surface area contributed by atoms with Gasteiger partial charge in [-0.1, -0.05) is 0 Å². The first-order valence-electron chi connectivity index (χ1n) is 6.52. The molecule has 2 heterocycles. The van der Waals surface area contributed by atoms with Crippen LogP contribution >= 0.6 is 0 Å². The van der Waals surface area contributed by atoms with Crippen molar-refractivity contribution in [2.75, 3.05) is 26.2 Å². The van der Waals surface area contributed by atoms with Gasteiger partial charge in [-0.2, -0.15) is 0 Å². The van der Waals surface area contributed by atoms with Gasteiger partial charge in [-0.3, -0.25) is 14.9 Å². The fraction of sp³-hybridized carbons (Fsp3) is 0.583. The molecule has 20 heavy (non-hydrogen) atoms. The zero-order chi connectivity index (χ0) is 14.7. The lowest BCUT2D eigenvalue weighted by molar-refractivity contribution is -0.384. The molecule has 1 unspecified atom stereocenters. The quantitative estimate of drug-likeness (QED) is 0.628. The highest BCUT2D eigenvalue weighted by Gasteiger charge is 2.27. The zero-order valence-corrected chi connectivity index (χ0v) is 11.3. The Hall–Kier alpha value is -1.93. The van der Waals surface area contributed by atoms with Crippen molar-refractivity contribution in [1.82, 2.24) is 9.47 Å². The Morgan fingerprint density at radius 1 is 1.65 bits per heavy atom. The topological polar surface area (TPSA) is 104 Å². The molecule has 1 saturated heterocycles. The van der Waals surface area contributed by atoms with Gasteiger partial charge in [0.15, 0.2) is 0 Å². The van der Waals surface area contributed by atoms with Crippen LogP contribution in [0.5, 0.6) is 0 Å². The fourth-order valence-corrected chi connectivity index (χ4v) is 2.24. The average Bonchev–Trinajstić information content (AvgIpc) is 2.91. The van der Waals surface area contributed by atoms with Crippen molar-refractivity contribution in [3.63, 3.8) is 0 Å². The lowest BCUT2D eigenvalue weighted by Crippen LogP contribution is -2.48. The number of rotatable bonds is 4. The Bertz CT molecular complexity index is 514. The molecule has 1 amide bonds. The maximum atomic E-state index is 12.5. The van der Waals surface area contributed by atoms with Gasteiger partial charge < -0.3 is 19.9 Å². The van der Waals surface area contributed by atoms with Gasteiger partial charge in [-0.05, 0) is 6.92 Å². The third-order valence-electron chi connectivity index (χ3n) is 3.34. The molecule has 0 bridgehead atoms. The second kappa shape index (κ2) is 6.02. The Kier molecular flexibility index (Phi) is 4.35. The van der Waals surface area contributed by atoms with Gasteiger partial charge in [0.2, 0.25) is 0 Å². The van der Waals surface area contributed by atoms with Gasteiger partial charge in [-0.15, -0.1) is 0 Å². The molecule has 8 nitrogen and oxygen atoms in total. The fourth-order valence-electron chi connectivity index (χ4n) is 2.24. The summed E-state index contributed by atoms with van der Waals surface area (Å²) < 4.78 is 7.00. The number of nitro groups is 1. The van der Waals surface area contributed by atoms with Crippen LogP contribution in [0, 0.1) is 10.1 Å². The molecule has 1 aliphatic rings. The first-order chi connectivity index (χ1) is 9.56. The summed E-state index contributed by atoms with van der Waals surface area (Å²) in [4.78, 5) is 24.4. The van der Waals surface area contributed by atoms with Gasteiger partial charge in [0.05, 0.1) is 23.8 Å². The lowest BCUT2D eigenvalue weighted by atomic mass is 10.2. The van der Waals surface area contributed by atoms with Crippen molar-refractivity contribution in [1.29, 1.82) is 0 Å². The monoisotopic (exact) mass is 282 g/mol. The van der Waals surface area contributed by atoms with Crippen molar-refractivity contribution >= 4 is 11.6 Å². The summed E-state index contributed by atoms with van der Waals surface area (Å²) in [5, 5.41) is 10.8. The third-order valence-corrected chi connectivity index (χ3v) is 3.34. The van der Waals surface area contributed by atoms with Crippen molar-refractivity contribution in [2.45, 2.75) is 19.6 Å². The van der Waals surface area contributed by atoms with E-state index < -0.39 is 4.92 Å². The van der Waals surface area contributed by atoms with Crippen LogP contribution in [0.1, 0.15) is 17.4 Å². The van der Waals surface area contributed by atoms with E-state index in [1.165, 1.54) is 12.3 Å². The second-order valence-electron chi connectivity index (χ2n) is 4.61. The van der Waals surface area contributed by atoms with Crippen molar-refractivity contribution < 1.29 is 14.5 Å². The van der Waals surface area contributed by atoms with E-state index in [4.69, 9.17) is 10.5 Å². The predicted octanol–water partition coefficient (Wildman–Crippen LogP) is 0.216. The molecule has 2 N–H and O–H groups in total. The van der Waals surface area contributed by atoms with Crippen LogP contribution in [0.2, 0.25) is 0 Å². The van der Waals surface area contributed by atoms with Crippen LogP contribution in [0.4, 0.5) is 5.69 Å². The normalized spacial score (nSPS) is 19.1. The number of nitrogens with zero attached hydrogens (tertiary/aromatic N) is 3. The molecule has 1 atom stereocenters. The van der Waals surface area contributed by atoms with Crippen LogP contribution in [-0.4, -0.2) is 52.6 Å². The van der Waals surface area contributed by atoms with Gasteiger partial charge in [-0.25, -0.2) is 0 Å². The molecule has 1 fully saturated rings. The van der Waals surface area contributed by atoms with E-state index in [0.717, 1.165) is 0 Å². The number of aromatic nitrogens is 1. The third kappa shape index (κ3) is 2.81. The molecule has 1 aromatic heterocycles. The number of hydrogen-bond acceptors (Lipinski definition) is 5. The van der Waals surface area contributed by atoms with Gasteiger partial charge in [0, 0.05) is 32.2 Å². The molecule has 1 aromatic rings. The van der Waals surface area contributed by atoms with Crippen molar-refractivity contribution in [3.8, 4) is 0 Å². The van der Waals surface area contributed by atoms with E-state index in [9.17, 15) is 14.9 Å². The Morgan fingerprint density at radius 2 is 2.40 bits per heavy atom. The SMILES string of the molecule is CCn1cc([N+](=O)[O-])cc1C(=O)N1CCOC(CN)C1. The maximum Gasteiger partial charge on any atom is 0.287 e. The molecule has 110 valence electrons. The molecule has 0 aromatic carbocycles. The van der Waals surface area contributed by atoms with Gasteiger partial charge in [0.1, 0.15) is 5.69 Å². The summed E-state index contributed by atoms with van der Waals surface area (Å²) in [7, 11) is 0. The summed E-state index contributed by atoms with van der Waals surface area (Å²) in [6, 6.07) is 1.32. The van der Waals surface area contributed by atoms with E-state index in [1.54, 1.807) is 9.47 Å². The highest BCUT2D eigenvalue weighted by atomic mass is 16.6. The predicted molar refractivity (Wildman–Crippen MR) is 71.5 cm³/mol. The molecule has 0 spiro atoms. The minimum Gasteiger partial charge on any atom is -0.373 e. The molecule has 0 aliphatic carbocycles. The second-order valence-corrected chi connectivity index (χ2v) is 4.61. The minimum absolute atomic E-state index is 0.0705. The number of carbonyl (C=O) groups is 1. The standard InChI is InChI=1S/C12H18N4O4/c1-2-14-7-9(16(18)19)5-11(14)12(17)15-3-4-20-10(6-13)8-15/h5,7,10H,2-4,6,8,13H2,1H3. The van der Waals surface area contributed by atoms with E-state index in [0.29, 0.717) is 38.5 Å². The average molecular weight is 282 g/mol. The van der Waals surface area contributed by atoms with Crippen LogP contribution in [0.3, 0.4) is 0 Å².